The Morgan fingerprint density at radius 2 is 1.52 bits per heavy atom. The Bertz CT molecular complexity index is 760. The van der Waals surface area contributed by atoms with Crippen molar-refractivity contribution in [2.24, 2.45) is 0 Å². The Balaban J connectivity index is 2.37. The molecule has 27 heavy (non-hydrogen) atoms. The summed E-state index contributed by atoms with van der Waals surface area (Å²) in [7, 11) is 4.49. The predicted molar refractivity (Wildman–Crippen MR) is 98.5 cm³/mol. The maximum absolute atomic E-state index is 12.4. The van der Waals surface area contributed by atoms with Crippen molar-refractivity contribution in [3.05, 3.63) is 48.0 Å². The van der Waals surface area contributed by atoms with Crippen molar-refractivity contribution in [3.63, 3.8) is 0 Å². The van der Waals surface area contributed by atoms with Gasteiger partial charge < -0.3 is 28.8 Å². The van der Waals surface area contributed by atoms with E-state index in [9.17, 15) is 9.90 Å². The zero-order valence-electron chi connectivity index (χ0n) is 15.8. The minimum atomic E-state index is -1.30. The van der Waals surface area contributed by atoms with Crippen LogP contribution in [0, 0.1) is 0 Å². The summed E-state index contributed by atoms with van der Waals surface area (Å²) in [5.41, 5.74) is 0.417. The maximum Gasteiger partial charge on any atom is 0.350 e. The number of para-hydroxylation sites is 2. The summed E-state index contributed by atoms with van der Waals surface area (Å²) in [6.07, 6.45) is -2.59. The van der Waals surface area contributed by atoms with Crippen LogP contribution in [0.15, 0.2) is 42.5 Å². The standard InChI is InChI=1S/C20H24O7/c1-5-26-20(22)19(27-16-9-7-6-8-14(16)23-2)18(21)13-10-11-15(24-3)17(12-13)25-4/h6-12,18-19,21H,5H2,1-4H3/t18-,19-/m1/s1. The zero-order chi connectivity index (χ0) is 19.8. The SMILES string of the molecule is CCOC(=O)[C@H](Oc1ccccc1OC)[C@H](O)c1ccc(OC)c(OC)c1. The van der Waals surface area contributed by atoms with Crippen molar-refractivity contribution in [1.82, 2.24) is 0 Å². The number of carbonyl (C=O) groups is 1. The van der Waals surface area contributed by atoms with Gasteiger partial charge in [0.15, 0.2) is 23.0 Å². The molecule has 0 unspecified atom stereocenters. The number of carbonyl (C=O) groups excluding carboxylic acids is 1. The number of methoxy groups -OCH3 is 3. The fourth-order valence-corrected chi connectivity index (χ4v) is 2.53. The Morgan fingerprint density at radius 1 is 0.926 bits per heavy atom. The molecule has 0 saturated carbocycles. The molecular weight excluding hydrogens is 352 g/mol. The molecule has 7 heteroatoms. The second kappa shape index (κ2) is 9.68. The summed E-state index contributed by atoms with van der Waals surface area (Å²) in [5, 5.41) is 10.8. The summed E-state index contributed by atoms with van der Waals surface area (Å²) in [5.74, 6) is 0.996. The van der Waals surface area contributed by atoms with E-state index >= 15 is 0 Å². The third kappa shape index (κ3) is 4.83. The van der Waals surface area contributed by atoms with E-state index in [4.69, 9.17) is 23.7 Å². The highest BCUT2D eigenvalue weighted by Crippen LogP contribution is 2.34. The third-order valence-corrected chi connectivity index (χ3v) is 3.88. The van der Waals surface area contributed by atoms with Gasteiger partial charge in [0.05, 0.1) is 27.9 Å². The van der Waals surface area contributed by atoms with E-state index < -0.39 is 18.2 Å². The predicted octanol–water partition coefficient (Wildman–Crippen LogP) is 2.76. The molecule has 0 aromatic heterocycles. The first-order chi connectivity index (χ1) is 13.0. The molecule has 0 aliphatic heterocycles. The van der Waals surface area contributed by atoms with Crippen molar-refractivity contribution in [3.8, 4) is 23.0 Å². The van der Waals surface area contributed by atoms with Crippen LogP contribution in [0.2, 0.25) is 0 Å². The van der Waals surface area contributed by atoms with Crippen LogP contribution in [-0.4, -0.2) is 45.1 Å². The van der Waals surface area contributed by atoms with Crippen molar-refractivity contribution in [2.45, 2.75) is 19.1 Å². The summed E-state index contributed by atoms with van der Waals surface area (Å²) < 4.78 is 26.5. The average molecular weight is 376 g/mol. The molecule has 2 rings (SSSR count). The van der Waals surface area contributed by atoms with Gasteiger partial charge in [-0.2, -0.15) is 0 Å². The van der Waals surface area contributed by atoms with Gasteiger partial charge in [-0.1, -0.05) is 18.2 Å². The topological polar surface area (TPSA) is 83.5 Å². The molecule has 0 amide bonds. The summed E-state index contributed by atoms with van der Waals surface area (Å²) in [6, 6.07) is 11.7. The first kappa shape index (κ1) is 20.4. The normalized spacial score (nSPS) is 12.6. The summed E-state index contributed by atoms with van der Waals surface area (Å²) in [6.45, 7) is 1.84. The van der Waals surface area contributed by atoms with Gasteiger partial charge >= 0.3 is 5.97 Å². The van der Waals surface area contributed by atoms with Crippen molar-refractivity contribution in [2.75, 3.05) is 27.9 Å². The van der Waals surface area contributed by atoms with Gasteiger partial charge in [-0.3, -0.25) is 0 Å². The average Bonchev–Trinajstić information content (AvgIpc) is 2.71. The van der Waals surface area contributed by atoms with Crippen LogP contribution in [0.5, 0.6) is 23.0 Å². The number of hydrogen-bond acceptors (Lipinski definition) is 7. The van der Waals surface area contributed by atoms with E-state index in [1.807, 2.05) is 0 Å². The van der Waals surface area contributed by atoms with E-state index in [1.165, 1.54) is 21.3 Å². The Kier molecular flexibility index (Phi) is 7.31. The molecule has 7 nitrogen and oxygen atoms in total. The van der Waals surface area contributed by atoms with E-state index in [1.54, 1.807) is 49.4 Å². The van der Waals surface area contributed by atoms with Crippen molar-refractivity contribution < 1.29 is 33.6 Å². The Hall–Kier alpha value is -2.93. The first-order valence-corrected chi connectivity index (χ1v) is 8.42. The van der Waals surface area contributed by atoms with Crippen LogP contribution in [0.3, 0.4) is 0 Å². The second-order valence-electron chi connectivity index (χ2n) is 5.50. The maximum atomic E-state index is 12.4. The molecule has 0 saturated heterocycles. The first-order valence-electron chi connectivity index (χ1n) is 8.42. The van der Waals surface area contributed by atoms with Crippen LogP contribution < -0.4 is 18.9 Å². The Morgan fingerprint density at radius 3 is 2.11 bits per heavy atom. The highest BCUT2D eigenvalue weighted by molar-refractivity contribution is 5.76. The number of aliphatic hydroxyl groups is 1. The van der Waals surface area contributed by atoms with Gasteiger partial charge in [0.25, 0.3) is 0 Å². The van der Waals surface area contributed by atoms with Crippen molar-refractivity contribution >= 4 is 5.97 Å². The van der Waals surface area contributed by atoms with Gasteiger partial charge in [0, 0.05) is 0 Å². The molecule has 2 aromatic rings. The number of esters is 1. The molecule has 0 heterocycles. The van der Waals surface area contributed by atoms with Crippen LogP contribution in [0.4, 0.5) is 0 Å². The van der Waals surface area contributed by atoms with Crippen LogP contribution >= 0.6 is 0 Å². The van der Waals surface area contributed by atoms with Crippen LogP contribution in [0.1, 0.15) is 18.6 Å². The van der Waals surface area contributed by atoms with E-state index in [0.717, 1.165) is 0 Å². The van der Waals surface area contributed by atoms with Crippen molar-refractivity contribution in [1.29, 1.82) is 0 Å². The lowest BCUT2D eigenvalue weighted by Gasteiger charge is -2.24. The molecule has 146 valence electrons. The van der Waals surface area contributed by atoms with E-state index in [2.05, 4.69) is 0 Å². The third-order valence-electron chi connectivity index (χ3n) is 3.88. The monoisotopic (exact) mass is 376 g/mol. The molecule has 0 aliphatic rings. The quantitative estimate of drug-likeness (QED) is 0.674. The number of benzene rings is 2. The van der Waals surface area contributed by atoms with Gasteiger partial charge in [-0.05, 0) is 36.8 Å². The van der Waals surface area contributed by atoms with Crippen LogP contribution in [-0.2, 0) is 9.53 Å². The number of aliphatic hydroxyl groups excluding tert-OH is 1. The highest BCUT2D eigenvalue weighted by Gasteiger charge is 2.33. The minimum absolute atomic E-state index is 0.156. The van der Waals surface area contributed by atoms with Gasteiger partial charge in [0.1, 0.15) is 6.10 Å². The van der Waals surface area contributed by atoms with Gasteiger partial charge in [-0.25, -0.2) is 4.79 Å². The van der Waals surface area contributed by atoms with E-state index in [-0.39, 0.29) is 6.61 Å². The lowest BCUT2D eigenvalue weighted by Crippen LogP contribution is -2.35. The van der Waals surface area contributed by atoms with Crippen LogP contribution in [0.25, 0.3) is 0 Å². The number of rotatable bonds is 9. The summed E-state index contributed by atoms with van der Waals surface area (Å²) >= 11 is 0. The fraction of sp³-hybridized carbons (Fsp3) is 0.350. The smallest absolute Gasteiger partial charge is 0.350 e. The fourth-order valence-electron chi connectivity index (χ4n) is 2.53. The highest BCUT2D eigenvalue weighted by atomic mass is 16.6. The molecule has 2 atom stereocenters. The zero-order valence-corrected chi connectivity index (χ0v) is 15.8. The molecule has 0 fully saturated rings. The number of hydrogen-bond donors (Lipinski definition) is 1. The van der Waals surface area contributed by atoms with Gasteiger partial charge in [0.2, 0.25) is 6.10 Å². The molecule has 0 spiro atoms. The van der Waals surface area contributed by atoms with Gasteiger partial charge in [-0.15, -0.1) is 0 Å². The second-order valence-corrected chi connectivity index (χ2v) is 5.50. The number of ether oxygens (including phenoxy) is 5. The lowest BCUT2D eigenvalue weighted by molar-refractivity contribution is -0.157. The molecule has 1 N–H and O–H groups in total. The molecule has 2 aromatic carbocycles. The summed E-state index contributed by atoms with van der Waals surface area (Å²) in [4.78, 5) is 12.4. The minimum Gasteiger partial charge on any atom is -0.493 e. The molecule has 0 bridgehead atoms. The largest absolute Gasteiger partial charge is 0.493 e. The molecular formula is C20H24O7. The molecule has 0 aliphatic carbocycles. The lowest BCUT2D eigenvalue weighted by atomic mass is 10.0. The molecule has 0 radical (unpaired) electrons. The van der Waals surface area contributed by atoms with E-state index in [0.29, 0.717) is 28.6 Å². The Labute approximate surface area is 158 Å².